The monoisotopic (exact) mass is 272 g/mol. The Morgan fingerprint density at radius 2 is 2.40 bits per heavy atom. The predicted molar refractivity (Wildman–Crippen MR) is 70.4 cm³/mol. The SMILES string of the molecule is Cc1cccnc1[C@@H](NC(=O)Cn1cnnn1)C1CC1. The minimum absolute atomic E-state index is 0.0137. The van der Waals surface area contributed by atoms with Crippen LogP contribution in [0.2, 0.25) is 0 Å². The van der Waals surface area contributed by atoms with Gasteiger partial charge < -0.3 is 5.32 Å². The molecule has 1 N–H and O–H groups in total. The van der Waals surface area contributed by atoms with Gasteiger partial charge in [0.05, 0.1) is 11.7 Å². The number of nitrogens with zero attached hydrogens (tertiary/aromatic N) is 5. The third-order valence-electron chi connectivity index (χ3n) is 3.45. The maximum atomic E-state index is 12.1. The van der Waals surface area contributed by atoms with E-state index in [-0.39, 0.29) is 18.5 Å². The fourth-order valence-electron chi connectivity index (χ4n) is 2.28. The minimum Gasteiger partial charge on any atom is -0.346 e. The molecule has 1 amide bonds. The fourth-order valence-corrected chi connectivity index (χ4v) is 2.28. The third-order valence-corrected chi connectivity index (χ3v) is 3.45. The largest absolute Gasteiger partial charge is 0.346 e. The molecular weight excluding hydrogens is 256 g/mol. The normalized spacial score (nSPS) is 15.8. The van der Waals surface area contributed by atoms with Gasteiger partial charge in [0.25, 0.3) is 0 Å². The van der Waals surface area contributed by atoms with Crippen LogP contribution in [0.25, 0.3) is 0 Å². The van der Waals surface area contributed by atoms with E-state index in [9.17, 15) is 4.79 Å². The Morgan fingerprint density at radius 1 is 1.55 bits per heavy atom. The average molecular weight is 272 g/mol. The minimum atomic E-state index is -0.0979. The first-order chi connectivity index (χ1) is 9.74. The van der Waals surface area contributed by atoms with Gasteiger partial charge in [-0.05, 0) is 47.7 Å². The zero-order chi connectivity index (χ0) is 13.9. The van der Waals surface area contributed by atoms with Crippen molar-refractivity contribution in [3.8, 4) is 0 Å². The standard InChI is InChI=1S/C13H16N6O/c1-9-3-2-6-14-12(9)13(10-4-5-10)16-11(20)7-19-8-15-17-18-19/h2-3,6,8,10,13H,4-5,7H2,1H3,(H,16,20)/t13-/m0/s1. The molecule has 2 aromatic rings. The van der Waals surface area contributed by atoms with Gasteiger partial charge in [0, 0.05) is 6.20 Å². The van der Waals surface area contributed by atoms with Crippen molar-refractivity contribution in [2.45, 2.75) is 32.4 Å². The second-order valence-corrected chi connectivity index (χ2v) is 5.10. The van der Waals surface area contributed by atoms with E-state index in [1.807, 2.05) is 19.1 Å². The van der Waals surface area contributed by atoms with Crippen molar-refractivity contribution in [2.75, 3.05) is 0 Å². The number of nitrogens with one attached hydrogen (secondary N) is 1. The lowest BCUT2D eigenvalue weighted by atomic mass is 10.0. The summed E-state index contributed by atoms with van der Waals surface area (Å²) >= 11 is 0. The Hall–Kier alpha value is -2.31. The average Bonchev–Trinajstić information content (AvgIpc) is 3.15. The van der Waals surface area contributed by atoms with Crippen LogP contribution in [-0.4, -0.2) is 31.1 Å². The second kappa shape index (κ2) is 5.36. The molecule has 104 valence electrons. The zero-order valence-corrected chi connectivity index (χ0v) is 11.2. The molecule has 1 atom stereocenters. The van der Waals surface area contributed by atoms with Gasteiger partial charge in [-0.15, -0.1) is 5.10 Å². The molecule has 0 spiro atoms. The molecule has 1 aliphatic rings. The van der Waals surface area contributed by atoms with E-state index >= 15 is 0 Å². The number of tetrazole rings is 1. The number of aryl methyl sites for hydroxylation is 1. The van der Waals surface area contributed by atoms with Gasteiger partial charge >= 0.3 is 0 Å². The molecule has 1 aliphatic carbocycles. The third kappa shape index (κ3) is 2.81. The zero-order valence-electron chi connectivity index (χ0n) is 11.2. The van der Waals surface area contributed by atoms with Crippen LogP contribution in [-0.2, 0) is 11.3 Å². The van der Waals surface area contributed by atoms with Crippen LogP contribution >= 0.6 is 0 Å². The van der Waals surface area contributed by atoms with E-state index in [2.05, 4.69) is 25.8 Å². The fraction of sp³-hybridized carbons (Fsp3) is 0.462. The molecule has 1 saturated carbocycles. The number of carbonyl (C=O) groups excluding carboxylic acids is 1. The topological polar surface area (TPSA) is 85.6 Å². The molecule has 0 aliphatic heterocycles. The van der Waals surface area contributed by atoms with Crippen LogP contribution in [0.5, 0.6) is 0 Å². The summed E-state index contributed by atoms with van der Waals surface area (Å²) in [6, 6.07) is 3.91. The molecule has 0 unspecified atom stereocenters. The number of hydrogen-bond donors (Lipinski definition) is 1. The summed E-state index contributed by atoms with van der Waals surface area (Å²) in [7, 11) is 0. The molecule has 1 fully saturated rings. The van der Waals surface area contributed by atoms with E-state index in [0.29, 0.717) is 5.92 Å². The van der Waals surface area contributed by atoms with Crippen molar-refractivity contribution >= 4 is 5.91 Å². The smallest absolute Gasteiger partial charge is 0.242 e. The summed E-state index contributed by atoms with van der Waals surface area (Å²) in [6.45, 7) is 2.15. The lowest BCUT2D eigenvalue weighted by Gasteiger charge is -2.19. The van der Waals surface area contributed by atoms with Crippen LogP contribution in [0.4, 0.5) is 0 Å². The summed E-state index contributed by atoms with van der Waals surface area (Å²) in [5.74, 6) is 0.390. The highest BCUT2D eigenvalue weighted by Crippen LogP contribution is 2.41. The molecule has 0 aromatic carbocycles. The van der Waals surface area contributed by atoms with Gasteiger partial charge in [0.2, 0.25) is 5.91 Å². The highest BCUT2D eigenvalue weighted by molar-refractivity contribution is 5.76. The van der Waals surface area contributed by atoms with Crippen LogP contribution in [0, 0.1) is 12.8 Å². The van der Waals surface area contributed by atoms with E-state index in [1.54, 1.807) is 6.20 Å². The molecule has 0 saturated heterocycles. The predicted octanol–water partition coefficient (Wildman–Crippen LogP) is 0.644. The number of carbonyl (C=O) groups is 1. The Labute approximate surface area is 116 Å². The summed E-state index contributed by atoms with van der Waals surface area (Å²) < 4.78 is 1.41. The summed E-state index contributed by atoms with van der Waals surface area (Å²) in [5, 5.41) is 13.8. The van der Waals surface area contributed by atoms with Crippen molar-refractivity contribution in [1.29, 1.82) is 0 Å². The number of aromatic nitrogens is 5. The number of rotatable bonds is 5. The van der Waals surface area contributed by atoms with E-state index in [1.165, 1.54) is 11.0 Å². The van der Waals surface area contributed by atoms with Crippen molar-refractivity contribution in [2.24, 2.45) is 5.92 Å². The molecule has 0 bridgehead atoms. The quantitative estimate of drug-likeness (QED) is 0.863. The number of amides is 1. The highest BCUT2D eigenvalue weighted by Gasteiger charge is 2.35. The van der Waals surface area contributed by atoms with Gasteiger partial charge in [-0.1, -0.05) is 6.07 Å². The molecule has 7 nitrogen and oxygen atoms in total. The maximum absolute atomic E-state index is 12.1. The maximum Gasteiger partial charge on any atom is 0.242 e. The second-order valence-electron chi connectivity index (χ2n) is 5.10. The van der Waals surface area contributed by atoms with Gasteiger partial charge in [-0.2, -0.15) is 0 Å². The van der Waals surface area contributed by atoms with Crippen LogP contribution in [0.3, 0.4) is 0 Å². The first-order valence-electron chi connectivity index (χ1n) is 6.65. The van der Waals surface area contributed by atoms with Crippen LogP contribution in [0.1, 0.15) is 30.1 Å². The molecule has 3 rings (SSSR count). The summed E-state index contributed by atoms with van der Waals surface area (Å²) in [5.41, 5.74) is 2.06. The lowest BCUT2D eigenvalue weighted by Crippen LogP contribution is -2.33. The molecular formula is C13H16N6O. The van der Waals surface area contributed by atoms with Crippen molar-refractivity contribution in [3.63, 3.8) is 0 Å². The van der Waals surface area contributed by atoms with Gasteiger partial charge in [-0.25, -0.2) is 4.68 Å². The summed E-state index contributed by atoms with van der Waals surface area (Å²) in [6.07, 6.45) is 5.46. The van der Waals surface area contributed by atoms with E-state index < -0.39 is 0 Å². The molecule has 20 heavy (non-hydrogen) atoms. The Bertz CT molecular complexity index is 593. The highest BCUT2D eigenvalue weighted by atomic mass is 16.2. The van der Waals surface area contributed by atoms with Crippen molar-refractivity contribution < 1.29 is 4.79 Å². The Morgan fingerprint density at radius 3 is 3.05 bits per heavy atom. The van der Waals surface area contributed by atoms with Gasteiger partial charge in [-0.3, -0.25) is 9.78 Å². The van der Waals surface area contributed by atoms with Gasteiger partial charge in [0.1, 0.15) is 12.9 Å². The molecule has 0 radical (unpaired) electrons. The lowest BCUT2D eigenvalue weighted by molar-refractivity contribution is -0.122. The molecule has 7 heteroatoms. The van der Waals surface area contributed by atoms with E-state index in [4.69, 9.17) is 0 Å². The first kappa shape index (κ1) is 12.7. The summed E-state index contributed by atoms with van der Waals surface area (Å²) in [4.78, 5) is 16.5. The van der Waals surface area contributed by atoms with E-state index in [0.717, 1.165) is 24.1 Å². The number of hydrogen-bond acceptors (Lipinski definition) is 5. The first-order valence-corrected chi connectivity index (χ1v) is 6.65. The van der Waals surface area contributed by atoms with Crippen LogP contribution in [0.15, 0.2) is 24.7 Å². The molecule has 2 heterocycles. The van der Waals surface area contributed by atoms with Gasteiger partial charge in [0.15, 0.2) is 0 Å². The van der Waals surface area contributed by atoms with Crippen LogP contribution < -0.4 is 5.32 Å². The number of pyridine rings is 1. The van der Waals surface area contributed by atoms with Crippen molar-refractivity contribution in [3.05, 3.63) is 35.9 Å². The molecule has 2 aromatic heterocycles. The van der Waals surface area contributed by atoms with Crippen molar-refractivity contribution in [1.82, 2.24) is 30.5 Å². The Balaban J connectivity index is 1.72. The Kier molecular flexibility index (Phi) is 3.41.